The van der Waals surface area contributed by atoms with Crippen LogP contribution in [0.25, 0.3) is 11.5 Å². The van der Waals surface area contributed by atoms with Crippen LogP contribution in [0.3, 0.4) is 0 Å². The van der Waals surface area contributed by atoms with Crippen molar-refractivity contribution in [2.45, 2.75) is 6.92 Å². The minimum absolute atomic E-state index is 0.276. The molecular formula is C9H8N4O3S. The van der Waals surface area contributed by atoms with Crippen molar-refractivity contribution in [2.24, 2.45) is 5.73 Å². The fourth-order valence-corrected chi connectivity index (χ4v) is 1.78. The van der Waals surface area contributed by atoms with Crippen LogP contribution in [0.2, 0.25) is 0 Å². The second kappa shape index (κ2) is 4.34. The van der Waals surface area contributed by atoms with E-state index in [1.54, 1.807) is 18.4 Å². The minimum atomic E-state index is -1.06. The number of nitrogens with one attached hydrogen (secondary N) is 1. The first-order valence-corrected chi connectivity index (χ1v) is 5.44. The normalized spacial score (nSPS) is 10.2. The first kappa shape index (κ1) is 11.3. The predicted octanol–water partition coefficient (Wildman–Crippen LogP) is 0.530. The molecule has 0 unspecified atom stereocenters. The van der Waals surface area contributed by atoms with Crippen LogP contribution in [0.5, 0.6) is 0 Å². The average molecular weight is 252 g/mol. The zero-order valence-corrected chi connectivity index (χ0v) is 9.58. The smallest absolute Gasteiger partial charge is 0.315 e. The summed E-state index contributed by atoms with van der Waals surface area (Å²) in [5.74, 6) is -1.46. The van der Waals surface area contributed by atoms with Crippen LogP contribution in [-0.4, -0.2) is 22.0 Å². The molecule has 0 radical (unpaired) electrons. The highest BCUT2D eigenvalue weighted by atomic mass is 32.1. The second-order valence-electron chi connectivity index (χ2n) is 3.19. The average Bonchev–Trinajstić information content (AvgIpc) is 2.86. The van der Waals surface area contributed by atoms with Gasteiger partial charge in [-0.15, -0.1) is 11.3 Å². The second-order valence-corrected chi connectivity index (χ2v) is 4.05. The van der Waals surface area contributed by atoms with Crippen LogP contribution < -0.4 is 11.1 Å². The predicted molar refractivity (Wildman–Crippen MR) is 60.2 cm³/mol. The number of carbonyl (C=O) groups excluding carboxylic acids is 2. The molecule has 0 saturated carbocycles. The molecule has 2 aromatic rings. The molecule has 3 N–H and O–H groups in total. The third-order valence-corrected chi connectivity index (χ3v) is 2.59. The summed E-state index contributed by atoms with van der Waals surface area (Å²) in [5.41, 5.74) is 6.07. The Morgan fingerprint density at radius 2 is 2.29 bits per heavy atom. The van der Waals surface area contributed by atoms with Gasteiger partial charge in [0, 0.05) is 11.4 Å². The van der Waals surface area contributed by atoms with E-state index >= 15 is 0 Å². The first-order valence-electron chi connectivity index (χ1n) is 4.56. The summed E-state index contributed by atoms with van der Waals surface area (Å²) in [7, 11) is 0. The summed E-state index contributed by atoms with van der Waals surface area (Å²) in [5, 5.41) is 7.94. The molecule has 2 amide bonds. The number of anilines is 1. The van der Waals surface area contributed by atoms with Crippen LogP contribution in [0.1, 0.15) is 5.69 Å². The lowest BCUT2D eigenvalue weighted by atomic mass is 10.3. The van der Waals surface area contributed by atoms with Crippen molar-refractivity contribution in [3.63, 3.8) is 0 Å². The maximum atomic E-state index is 11.0. The molecule has 2 aromatic heterocycles. The van der Waals surface area contributed by atoms with Gasteiger partial charge in [0.05, 0.1) is 5.69 Å². The van der Waals surface area contributed by atoms with E-state index in [1.165, 1.54) is 0 Å². The van der Waals surface area contributed by atoms with Crippen molar-refractivity contribution in [1.82, 2.24) is 10.1 Å². The number of primary amides is 1. The number of carbonyl (C=O) groups is 2. The molecule has 0 spiro atoms. The third-order valence-electron chi connectivity index (χ3n) is 1.83. The summed E-state index contributed by atoms with van der Waals surface area (Å²) in [4.78, 5) is 25.6. The van der Waals surface area contributed by atoms with Gasteiger partial charge in [0.2, 0.25) is 0 Å². The van der Waals surface area contributed by atoms with Gasteiger partial charge in [-0.05, 0) is 6.92 Å². The van der Waals surface area contributed by atoms with Gasteiger partial charge >= 0.3 is 11.8 Å². The molecule has 0 fully saturated rings. The Kier molecular flexibility index (Phi) is 2.88. The maximum absolute atomic E-state index is 11.0. The van der Waals surface area contributed by atoms with Crippen molar-refractivity contribution >= 4 is 28.3 Å². The number of aromatic nitrogens is 2. The van der Waals surface area contributed by atoms with Crippen LogP contribution in [0.15, 0.2) is 16.0 Å². The largest absolute Gasteiger partial charge is 0.361 e. The van der Waals surface area contributed by atoms with E-state index in [2.05, 4.69) is 15.5 Å². The monoisotopic (exact) mass is 252 g/mol. The van der Waals surface area contributed by atoms with Crippen molar-refractivity contribution in [3.05, 3.63) is 17.1 Å². The number of hydrogen-bond donors (Lipinski definition) is 2. The number of nitrogens with zero attached hydrogens (tertiary/aromatic N) is 2. The molecule has 7 nitrogen and oxygen atoms in total. The van der Waals surface area contributed by atoms with Gasteiger partial charge in [-0.3, -0.25) is 14.9 Å². The highest BCUT2D eigenvalue weighted by Crippen LogP contribution is 2.25. The van der Waals surface area contributed by atoms with Gasteiger partial charge in [0.1, 0.15) is 5.69 Å². The Labute approximate surface area is 99.6 Å². The van der Waals surface area contributed by atoms with E-state index in [0.29, 0.717) is 11.5 Å². The summed E-state index contributed by atoms with van der Waals surface area (Å²) >= 11 is 1.16. The fraction of sp³-hybridized carbons (Fsp3) is 0.111. The van der Waals surface area contributed by atoms with Crippen molar-refractivity contribution in [3.8, 4) is 11.5 Å². The molecule has 17 heavy (non-hydrogen) atoms. The molecular weight excluding hydrogens is 244 g/mol. The Morgan fingerprint density at radius 1 is 1.53 bits per heavy atom. The summed E-state index contributed by atoms with van der Waals surface area (Å²) < 4.78 is 5.01. The zero-order chi connectivity index (χ0) is 12.4. The Morgan fingerprint density at radius 3 is 2.88 bits per heavy atom. The lowest BCUT2D eigenvalue weighted by Crippen LogP contribution is -2.29. The topological polar surface area (TPSA) is 111 Å². The third kappa shape index (κ3) is 2.48. The number of aryl methyl sites for hydroxylation is 1. The highest BCUT2D eigenvalue weighted by Gasteiger charge is 2.13. The summed E-state index contributed by atoms with van der Waals surface area (Å²) in [6.07, 6.45) is 0. The van der Waals surface area contributed by atoms with Crippen LogP contribution in [-0.2, 0) is 9.59 Å². The van der Waals surface area contributed by atoms with E-state index < -0.39 is 11.8 Å². The highest BCUT2D eigenvalue weighted by molar-refractivity contribution is 7.14. The zero-order valence-electron chi connectivity index (χ0n) is 8.76. The van der Waals surface area contributed by atoms with E-state index in [0.717, 1.165) is 17.0 Å². The molecule has 8 heteroatoms. The number of nitrogens with two attached hydrogens (primary N) is 1. The summed E-state index contributed by atoms with van der Waals surface area (Å²) in [6.45, 7) is 1.79. The molecule has 0 aliphatic carbocycles. The molecule has 0 aromatic carbocycles. The van der Waals surface area contributed by atoms with Gasteiger partial charge < -0.3 is 10.3 Å². The molecule has 0 saturated heterocycles. The van der Waals surface area contributed by atoms with Gasteiger partial charge in [0.15, 0.2) is 10.9 Å². The van der Waals surface area contributed by atoms with Gasteiger partial charge in [0.25, 0.3) is 0 Å². The fourth-order valence-electron chi connectivity index (χ4n) is 1.09. The molecule has 2 heterocycles. The Bertz CT molecular complexity index is 574. The molecule has 2 rings (SSSR count). The Balaban J connectivity index is 2.16. The first-order chi connectivity index (χ1) is 8.06. The number of rotatable bonds is 2. The SMILES string of the molecule is Cc1cc(-c2csc(NC(=O)C(N)=O)n2)on1. The van der Waals surface area contributed by atoms with Crippen molar-refractivity contribution in [1.29, 1.82) is 0 Å². The van der Waals surface area contributed by atoms with Crippen molar-refractivity contribution < 1.29 is 14.1 Å². The van der Waals surface area contributed by atoms with Gasteiger partial charge in [-0.1, -0.05) is 5.16 Å². The molecule has 0 atom stereocenters. The quantitative estimate of drug-likeness (QED) is 0.757. The van der Waals surface area contributed by atoms with Crippen LogP contribution in [0.4, 0.5) is 5.13 Å². The van der Waals surface area contributed by atoms with E-state index in [-0.39, 0.29) is 5.13 Å². The van der Waals surface area contributed by atoms with Gasteiger partial charge in [-0.2, -0.15) is 0 Å². The minimum Gasteiger partial charge on any atom is -0.361 e. The number of thiazole rings is 1. The lowest BCUT2D eigenvalue weighted by molar-refractivity contribution is -0.134. The molecule has 0 aliphatic rings. The molecule has 0 aliphatic heterocycles. The number of amides is 2. The maximum Gasteiger partial charge on any atom is 0.315 e. The van der Waals surface area contributed by atoms with E-state index in [1.807, 2.05) is 0 Å². The Hall–Kier alpha value is -2.22. The van der Waals surface area contributed by atoms with Crippen LogP contribution >= 0.6 is 11.3 Å². The van der Waals surface area contributed by atoms with Gasteiger partial charge in [-0.25, -0.2) is 4.98 Å². The number of hydrogen-bond acceptors (Lipinski definition) is 6. The van der Waals surface area contributed by atoms with Crippen LogP contribution in [0, 0.1) is 6.92 Å². The van der Waals surface area contributed by atoms with E-state index in [4.69, 9.17) is 10.3 Å². The molecule has 0 bridgehead atoms. The van der Waals surface area contributed by atoms with E-state index in [9.17, 15) is 9.59 Å². The molecule has 88 valence electrons. The standard InChI is InChI=1S/C9H8N4O3S/c1-4-2-6(16-13-4)5-3-17-9(11-5)12-8(15)7(10)14/h2-3H,1H3,(H2,10,14)(H,11,12,15). The van der Waals surface area contributed by atoms with Crippen molar-refractivity contribution in [2.75, 3.05) is 5.32 Å². The summed E-state index contributed by atoms with van der Waals surface area (Å²) in [6, 6.07) is 1.72. The lowest BCUT2D eigenvalue weighted by Gasteiger charge is -1.94.